The number of carbonyl (C=O) groups excluding carboxylic acids is 1. The minimum Gasteiger partial charge on any atom is -0.550 e. The van der Waals surface area contributed by atoms with Crippen molar-refractivity contribution in [3.63, 3.8) is 0 Å². The van der Waals surface area contributed by atoms with Gasteiger partial charge in [0.2, 0.25) is 0 Å². The molecule has 0 aliphatic carbocycles. The van der Waals surface area contributed by atoms with Gasteiger partial charge in [-0.3, -0.25) is 0 Å². The number of anilines is 1. The molecule has 0 spiro atoms. The maximum atomic E-state index is 11.7. The number of carboxylic acids is 1. The molecule has 17 heavy (non-hydrogen) atoms. The molecular formula is C8H5BrN3O4S-. The summed E-state index contributed by atoms with van der Waals surface area (Å²) in [5, 5.41) is 12.9. The fraction of sp³-hybridized carbons (Fsp3) is 0.125. The number of halogens is 1. The summed E-state index contributed by atoms with van der Waals surface area (Å²) in [6.45, 7) is 0. The Labute approximate surface area is 105 Å². The Morgan fingerprint density at radius 3 is 2.88 bits per heavy atom. The van der Waals surface area contributed by atoms with Gasteiger partial charge in [0.05, 0.1) is 0 Å². The zero-order valence-corrected chi connectivity index (χ0v) is 10.6. The molecule has 0 saturated heterocycles. The molecule has 2 rings (SSSR count). The molecule has 1 aromatic rings. The largest absolute Gasteiger partial charge is 0.550 e. The second-order valence-corrected chi connectivity index (χ2v) is 5.68. The summed E-state index contributed by atoms with van der Waals surface area (Å²) in [4.78, 5) is 14.1. The minimum absolute atomic E-state index is 0.0550. The lowest BCUT2D eigenvalue weighted by Crippen LogP contribution is -2.31. The Morgan fingerprint density at radius 2 is 2.24 bits per heavy atom. The van der Waals surface area contributed by atoms with Crippen molar-refractivity contribution in [3.05, 3.63) is 16.7 Å². The molecular weight excluding hydrogens is 314 g/mol. The number of nitrogens with zero attached hydrogens (tertiary/aromatic N) is 2. The number of hydrogen-bond acceptors (Lipinski definition) is 6. The highest BCUT2D eigenvalue weighted by molar-refractivity contribution is 9.10. The summed E-state index contributed by atoms with van der Waals surface area (Å²) in [6.07, 6.45) is 0.778. The summed E-state index contributed by atoms with van der Waals surface area (Å²) in [5.41, 5.74) is 0. The van der Waals surface area contributed by atoms with E-state index in [1.165, 1.54) is 12.3 Å². The maximum absolute atomic E-state index is 11.7. The standard InChI is InChI=1S/C8H6BrN3O4S/c9-4-1-5-8(10-3-4)11-6(2-7(13)14)12-17(5,15)16/h1,3H,2H2,(H,13,14)(H,10,11,12)/p-1. The molecule has 0 aromatic carbocycles. The highest BCUT2D eigenvalue weighted by Gasteiger charge is 2.26. The first-order valence-corrected chi connectivity index (χ1v) is 6.58. The molecule has 9 heteroatoms. The van der Waals surface area contributed by atoms with E-state index in [4.69, 9.17) is 0 Å². The third-order valence-electron chi connectivity index (χ3n) is 1.90. The van der Waals surface area contributed by atoms with E-state index in [1.54, 1.807) is 0 Å². The number of fused-ring (bicyclic) bond motifs is 1. The molecule has 0 bridgehead atoms. The summed E-state index contributed by atoms with van der Waals surface area (Å²) in [6, 6.07) is 1.34. The number of nitrogens with one attached hydrogen (secondary N) is 1. The number of rotatable bonds is 2. The molecule has 0 unspecified atom stereocenters. The zero-order chi connectivity index (χ0) is 12.6. The predicted molar refractivity (Wildman–Crippen MR) is 59.8 cm³/mol. The first-order chi connectivity index (χ1) is 7.88. The van der Waals surface area contributed by atoms with Crippen molar-refractivity contribution in [1.29, 1.82) is 0 Å². The first-order valence-electron chi connectivity index (χ1n) is 4.35. The quantitative estimate of drug-likeness (QED) is 0.786. The van der Waals surface area contributed by atoms with Crippen molar-refractivity contribution < 1.29 is 18.3 Å². The Bertz CT molecular complexity index is 626. The molecule has 7 nitrogen and oxygen atoms in total. The van der Waals surface area contributed by atoms with Crippen LogP contribution in [0.4, 0.5) is 5.82 Å². The lowest BCUT2D eigenvalue weighted by Gasteiger charge is -2.17. The molecule has 0 fully saturated rings. The molecule has 0 amide bonds. The van der Waals surface area contributed by atoms with Crippen LogP contribution in [-0.2, 0) is 14.8 Å². The smallest absolute Gasteiger partial charge is 0.287 e. The highest BCUT2D eigenvalue weighted by atomic mass is 79.9. The predicted octanol–water partition coefficient (Wildman–Crippen LogP) is -0.503. The number of aromatic nitrogens is 1. The fourth-order valence-corrected chi connectivity index (χ4v) is 2.88. The number of carboxylic acid groups (broad SMARTS) is 1. The van der Waals surface area contributed by atoms with Crippen LogP contribution in [0, 0.1) is 0 Å². The van der Waals surface area contributed by atoms with E-state index in [9.17, 15) is 18.3 Å². The van der Waals surface area contributed by atoms with Crippen molar-refractivity contribution in [2.24, 2.45) is 4.40 Å². The monoisotopic (exact) mass is 318 g/mol. The van der Waals surface area contributed by atoms with E-state index in [-0.39, 0.29) is 16.5 Å². The van der Waals surface area contributed by atoms with E-state index in [1.807, 2.05) is 0 Å². The van der Waals surface area contributed by atoms with Crippen LogP contribution >= 0.6 is 15.9 Å². The normalized spacial score (nSPS) is 16.6. The van der Waals surface area contributed by atoms with Gasteiger partial charge < -0.3 is 15.2 Å². The van der Waals surface area contributed by atoms with Crippen molar-refractivity contribution in [2.45, 2.75) is 11.3 Å². The van der Waals surface area contributed by atoms with Crippen LogP contribution in [0.15, 0.2) is 26.0 Å². The lowest BCUT2D eigenvalue weighted by atomic mass is 10.4. The number of carbonyl (C=O) groups is 1. The van der Waals surface area contributed by atoms with Gasteiger partial charge in [-0.1, -0.05) is 0 Å². The van der Waals surface area contributed by atoms with Crippen molar-refractivity contribution in [3.8, 4) is 0 Å². The molecule has 90 valence electrons. The van der Waals surface area contributed by atoms with Crippen LogP contribution in [0.5, 0.6) is 0 Å². The fourth-order valence-electron chi connectivity index (χ4n) is 1.28. The minimum atomic E-state index is -3.92. The zero-order valence-electron chi connectivity index (χ0n) is 8.18. The van der Waals surface area contributed by atoms with E-state index in [0.29, 0.717) is 4.47 Å². The van der Waals surface area contributed by atoms with Gasteiger partial charge in [-0.05, 0) is 22.0 Å². The average Bonchev–Trinajstić information content (AvgIpc) is 2.17. The van der Waals surface area contributed by atoms with E-state index in [2.05, 4.69) is 30.6 Å². The van der Waals surface area contributed by atoms with E-state index in [0.717, 1.165) is 0 Å². The van der Waals surface area contributed by atoms with Gasteiger partial charge >= 0.3 is 0 Å². The second kappa shape index (κ2) is 4.08. The van der Waals surface area contributed by atoms with Crippen molar-refractivity contribution in [2.75, 3.05) is 5.32 Å². The topological polar surface area (TPSA) is 112 Å². The number of sulfonamides is 1. The summed E-state index contributed by atoms with van der Waals surface area (Å²) >= 11 is 3.09. The Balaban J connectivity index is 2.50. The summed E-state index contributed by atoms with van der Waals surface area (Å²) < 4.78 is 27.3. The third kappa shape index (κ3) is 2.44. The summed E-state index contributed by atoms with van der Waals surface area (Å²) in [5.74, 6) is -1.58. The molecule has 1 aliphatic heterocycles. The number of hydrogen-bond donors (Lipinski definition) is 1. The van der Waals surface area contributed by atoms with Gasteiger partial charge in [-0.25, -0.2) is 4.98 Å². The first kappa shape index (κ1) is 12.0. The van der Waals surface area contributed by atoms with Crippen molar-refractivity contribution in [1.82, 2.24) is 4.98 Å². The van der Waals surface area contributed by atoms with Crippen molar-refractivity contribution >= 4 is 43.6 Å². The molecule has 0 radical (unpaired) electrons. The van der Waals surface area contributed by atoms with Crippen LogP contribution in [0.3, 0.4) is 0 Å². The highest BCUT2D eigenvalue weighted by Crippen LogP contribution is 2.27. The van der Waals surface area contributed by atoms with Crippen LogP contribution in [0.25, 0.3) is 0 Å². The molecule has 1 aliphatic rings. The van der Waals surface area contributed by atoms with Gasteiger partial charge in [0.25, 0.3) is 10.0 Å². The van der Waals surface area contributed by atoms with E-state index >= 15 is 0 Å². The van der Waals surface area contributed by atoms with Gasteiger partial charge in [-0.2, -0.15) is 8.42 Å². The van der Waals surface area contributed by atoms with Gasteiger partial charge in [-0.15, -0.1) is 4.40 Å². The van der Waals surface area contributed by atoms with Crippen LogP contribution in [-0.4, -0.2) is 25.2 Å². The number of aliphatic carboxylic acids is 1. The van der Waals surface area contributed by atoms with Crippen LogP contribution in [0.1, 0.15) is 6.42 Å². The Morgan fingerprint density at radius 1 is 1.53 bits per heavy atom. The Hall–Kier alpha value is -1.48. The summed E-state index contributed by atoms with van der Waals surface area (Å²) in [7, 11) is -3.92. The third-order valence-corrected chi connectivity index (χ3v) is 3.66. The molecule has 0 atom stereocenters. The maximum Gasteiger partial charge on any atom is 0.287 e. The number of pyridine rings is 1. The molecule has 0 saturated carbocycles. The molecule has 1 aromatic heterocycles. The van der Waals surface area contributed by atoms with Crippen LogP contribution < -0.4 is 10.4 Å². The Kier molecular flexibility index (Phi) is 2.87. The SMILES string of the molecule is O=C([O-])CC1=NS(=O)(=O)c2cc(Br)cnc2N1. The second-order valence-electron chi connectivity index (χ2n) is 3.19. The lowest BCUT2D eigenvalue weighted by molar-refractivity contribution is -0.303. The van der Waals surface area contributed by atoms with Gasteiger partial charge in [0.1, 0.15) is 10.7 Å². The molecule has 1 N–H and O–H groups in total. The average molecular weight is 319 g/mol. The molecule has 2 heterocycles. The van der Waals surface area contributed by atoms with Gasteiger partial charge in [0, 0.05) is 23.1 Å². The van der Waals surface area contributed by atoms with Gasteiger partial charge in [0.15, 0.2) is 5.82 Å². The number of amidine groups is 1. The van der Waals surface area contributed by atoms with Crippen LogP contribution in [0.2, 0.25) is 0 Å². The van der Waals surface area contributed by atoms with E-state index < -0.39 is 22.4 Å².